The molecule has 2 aliphatic rings. The lowest BCUT2D eigenvalue weighted by molar-refractivity contribution is 0.113. The second-order valence-electron chi connectivity index (χ2n) is 7.06. The molecular formula is C15H29N3. The molecular weight excluding hydrogens is 222 g/mol. The van der Waals surface area contributed by atoms with Crippen molar-refractivity contribution in [2.45, 2.75) is 65.3 Å². The van der Waals surface area contributed by atoms with Gasteiger partial charge in [-0.1, -0.05) is 6.42 Å². The van der Waals surface area contributed by atoms with E-state index < -0.39 is 0 Å². The monoisotopic (exact) mass is 251 g/mol. The summed E-state index contributed by atoms with van der Waals surface area (Å²) < 4.78 is 0. The molecule has 18 heavy (non-hydrogen) atoms. The van der Waals surface area contributed by atoms with Gasteiger partial charge in [0.05, 0.1) is 0 Å². The molecule has 0 unspecified atom stereocenters. The summed E-state index contributed by atoms with van der Waals surface area (Å²) in [7, 11) is 0. The van der Waals surface area contributed by atoms with E-state index in [0.29, 0.717) is 5.41 Å². The average molecular weight is 251 g/mol. The normalized spacial score (nSPS) is 23.4. The van der Waals surface area contributed by atoms with Gasteiger partial charge in [-0.25, -0.2) is 0 Å². The number of hydrogen-bond acceptors (Lipinski definition) is 1. The van der Waals surface area contributed by atoms with Gasteiger partial charge in [0.15, 0.2) is 5.96 Å². The van der Waals surface area contributed by atoms with E-state index in [1.165, 1.54) is 32.1 Å². The minimum Gasteiger partial charge on any atom is -0.357 e. The maximum Gasteiger partial charge on any atom is 0.191 e. The smallest absolute Gasteiger partial charge is 0.191 e. The van der Waals surface area contributed by atoms with Crippen molar-refractivity contribution >= 4 is 5.96 Å². The maximum atomic E-state index is 4.85. The molecule has 0 saturated heterocycles. The lowest BCUT2D eigenvalue weighted by Crippen LogP contribution is -2.48. The van der Waals surface area contributed by atoms with Crippen LogP contribution < -0.4 is 10.6 Å². The number of guanidine groups is 1. The number of nitrogens with zero attached hydrogens (tertiary/aromatic N) is 1. The van der Waals surface area contributed by atoms with E-state index in [1.54, 1.807) is 0 Å². The van der Waals surface area contributed by atoms with Crippen LogP contribution in [0.4, 0.5) is 0 Å². The first-order chi connectivity index (χ1) is 8.45. The topological polar surface area (TPSA) is 36.4 Å². The van der Waals surface area contributed by atoms with Crippen LogP contribution in [0.15, 0.2) is 4.99 Å². The third kappa shape index (κ3) is 3.39. The predicted octanol–water partition coefficient (Wildman–Crippen LogP) is 2.92. The Kier molecular flexibility index (Phi) is 3.88. The highest BCUT2D eigenvalue weighted by Gasteiger charge is 2.48. The van der Waals surface area contributed by atoms with Crippen molar-refractivity contribution in [1.29, 1.82) is 0 Å². The van der Waals surface area contributed by atoms with Crippen LogP contribution >= 0.6 is 0 Å². The van der Waals surface area contributed by atoms with E-state index in [-0.39, 0.29) is 5.54 Å². The zero-order valence-electron chi connectivity index (χ0n) is 12.5. The van der Waals surface area contributed by atoms with Crippen molar-refractivity contribution < 1.29 is 0 Å². The fourth-order valence-corrected chi connectivity index (χ4v) is 2.92. The van der Waals surface area contributed by atoms with E-state index in [4.69, 9.17) is 4.99 Å². The summed E-state index contributed by atoms with van der Waals surface area (Å²) in [5.74, 6) is 1.96. The van der Waals surface area contributed by atoms with Crippen molar-refractivity contribution in [3.05, 3.63) is 0 Å². The van der Waals surface area contributed by atoms with E-state index in [2.05, 4.69) is 38.3 Å². The summed E-state index contributed by atoms with van der Waals surface area (Å²) in [6.07, 6.45) is 7.10. The van der Waals surface area contributed by atoms with Crippen LogP contribution in [0.5, 0.6) is 0 Å². The Morgan fingerprint density at radius 1 is 1.28 bits per heavy atom. The molecule has 0 aromatic rings. The SMILES string of the molecule is CCNC(=NCC1(C2CC2)CCC1)NC(C)(C)C. The van der Waals surface area contributed by atoms with Crippen molar-refractivity contribution in [2.75, 3.05) is 13.1 Å². The van der Waals surface area contributed by atoms with Gasteiger partial charge in [0.2, 0.25) is 0 Å². The van der Waals surface area contributed by atoms with Crippen LogP contribution in [-0.2, 0) is 0 Å². The van der Waals surface area contributed by atoms with Crippen LogP contribution in [0.3, 0.4) is 0 Å². The van der Waals surface area contributed by atoms with Gasteiger partial charge in [0, 0.05) is 18.6 Å². The summed E-state index contributed by atoms with van der Waals surface area (Å²) in [6.45, 7) is 10.6. The Labute approximate surface area is 112 Å². The summed E-state index contributed by atoms with van der Waals surface area (Å²) in [5, 5.41) is 6.83. The minimum absolute atomic E-state index is 0.0767. The van der Waals surface area contributed by atoms with Crippen LogP contribution in [0.1, 0.15) is 59.8 Å². The van der Waals surface area contributed by atoms with Gasteiger partial charge >= 0.3 is 0 Å². The molecule has 2 rings (SSSR count). The van der Waals surface area contributed by atoms with Gasteiger partial charge in [-0.2, -0.15) is 0 Å². The number of aliphatic imine (C=N–C) groups is 1. The quantitative estimate of drug-likeness (QED) is 0.595. The Hall–Kier alpha value is -0.730. The molecule has 2 fully saturated rings. The first-order valence-corrected chi connectivity index (χ1v) is 7.52. The lowest BCUT2D eigenvalue weighted by Gasteiger charge is -2.41. The third-order valence-corrected chi connectivity index (χ3v) is 4.18. The largest absolute Gasteiger partial charge is 0.357 e. The standard InChI is InChI=1S/C15H29N3/c1-5-16-13(18-14(2,3)4)17-11-15(9-6-10-15)12-7-8-12/h12H,5-11H2,1-4H3,(H2,16,17,18). The molecule has 3 heteroatoms. The molecule has 0 radical (unpaired) electrons. The van der Waals surface area contributed by atoms with Crippen LogP contribution in [0, 0.1) is 11.3 Å². The molecule has 0 atom stereocenters. The Bertz CT molecular complexity index is 306. The highest BCUT2D eigenvalue weighted by molar-refractivity contribution is 5.80. The molecule has 3 nitrogen and oxygen atoms in total. The molecule has 0 aromatic heterocycles. The summed E-state index contributed by atoms with van der Waals surface area (Å²) >= 11 is 0. The minimum atomic E-state index is 0.0767. The lowest BCUT2D eigenvalue weighted by atomic mass is 9.65. The zero-order chi connectivity index (χ0) is 13.2. The molecule has 2 saturated carbocycles. The van der Waals surface area contributed by atoms with Crippen molar-refractivity contribution in [2.24, 2.45) is 16.3 Å². The van der Waals surface area contributed by atoms with Crippen LogP contribution in [0.2, 0.25) is 0 Å². The van der Waals surface area contributed by atoms with Gasteiger partial charge in [-0.15, -0.1) is 0 Å². The van der Waals surface area contributed by atoms with Crippen molar-refractivity contribution in [1.82, 2.24) is 10.6 Å². The second kappa shape index (κ2) is 5.10. The fourth-order valence-electron chi connectivity index (χ4n) is 2.92. The van der Waals surface area contributed by atoms with Gasteiger partial charge in [0.25, 0.3) is 0 Å². The van der Waals surface area contributed by atoms with Gasteiger partial charge < -0.3 is 10.6 Å². The zero-order valence-corrected chi connectivity index (χ0v) is 12.5. The van der Waals surface area contributed by atoms with Crippen molar-refractivity contribution in [3.63, 3.8) is 0 Å². The first kappa shape index (κ1) is 13.7. The maximum absolute atomic E-state index is 4.85. The van der Waals surface area contributed by atoms with Crippen LogP contribution in [-0.4, -0.2) is 24.6 Å². The Balaban J connectivity index is 1.94. The third-order valence-electron chi connectivity index (χ3n) is 4.18. The Morgan fingerprint density at radius 2 is 1.94 bits per heavy atom. The Morgan fingerprint density at radius 3 is 2.33 bits per heavy atom. The number of rotatable bonds is 4. The van der Waals surface area contributed by atoms with Gasteiger partial charge in [-0.3, -0.25) is 4.99 Å². The molecule has 2 aliphatic carbocycles. The molecule has 0 heterocycles. The number of nitrogens with one attached hydrogen (secondary N) is 2. The average Bonchev–Trinajstić information content (AvgIpc) is 2.98. The van der Waals surface area contributed by atoms with Gasteiger partial charge in [0.1, 0.15) is 0 Å². The highest BCUT2D eigenvalue weighted by Crippen LogP contribution is 2.57. The molecule has 0 aromatic carbocycles. The highest BCUT2D eigenvalue weighted by atomic mass is 15.2. The fraction of sp³-hybridized carbons (Fsp3) is 0.933. The van der Waals surface area contributed by atoms with Crippen LogP contribution in [0.25, 0.3) is 0 Å². The molecule has 0 bridgehead atoms. The van der Waals surface area contributed by atoms with E-state index in [9.17, 15) is 0 Å². The molecule has 104 valence electrons. The first-order valence-electron chi connectivity index (χ1n) is 7.52. The van der Waals surface area contributed by atoms with E-state index in [1.807, 2.05) is 0 Å². The van der Waals surface area contributed by atoms with E-state index >= 15 is 0 Å². The summed E-state index contributed by atoms with van der Waals surface area (Å²) in [6, 6.07) is 0. The summed E-state index contributed by atoms with van der Waals surface area (Å²) in [4.78, 5) is 4.85. The second-order valence-corrected chi connectivity index (χ2v) is 7.06. The predicted molar refractivity (Wildman–Crippen MR) is 77.9 cm³/mol. The van der Waals surface area contributed by atoms with E-state index in [0.717, 1.165) is 25.0 Å². The number of hydrogen-bond donors (Lipinski definition) is 2. The molecule has 0 spiro atoms. The van der Waals surface area contributed by atoms with Crippen molar-refractivity contribution in [3.8, 4) is 0 Å². The van der Waals surface area contributed by atoms with Gasteiger partial charge in [-0.05, 0) is 64.7 Å². The summed E-state index contributed by atoms with van der Waals surface area (Å²) in [5.41, 5.74) is 0.646. The molecule has 2 N–H and O–H groups in total. The molecule has 0 aliphatic heterocycles. The molecule has 0 amide bonds.